The topological polar surface area (TPSA) is 47.0 Å². The van der Waals surface area contributed by atoms with Gasteiger partial charge in [0.05, 0.1) is 6.54 Å². The molecule has 1 unspecified atom stereocenters. The number of rotatable bonds is 6. The second-order valence-electron chi connectivity index (χ2n) is 4.79. The van der Waals surface area contributed by atoms with Crippen LogP contribution in [-0.2, 0) is 6.54 Å². The van der Waals surface area contributed by atoms with E-state index < -0.39 is 0 Å². The third kappa shape index (κ3) is 3.52. The average Bonchev–Trinajstić information content (AvgIpc) is 3.17. The van der Waals surface area contributed by atoms with E-state index in [-0.39, 0.29) is 6.10 Å². The standard InChI is InChI=1S/C14H17N3OS/c1-10(11-5-3-2-4-6-11)18-14-17-16-13(19-14)9-15-12-7-8-12/h2-6,10,12,15H,7-9H2,1H3. The molecule has 1 aliphatic rings. The summed E-state index contributed by atoms with van der Waals surface area (Å²) in [4.78, 5) is 0. The minimum atomic E-state index is -0.00149. The summed E-state index contributed by atoms with van der Waals surface area (Å²) in [5.74, 6) is 0. The Labute approximate surface area is 116 Å². The zero-order chi connectivity index (χ0) is 13.1. The Balaban J connectivity index is 1.56. The highest BCUT2D eigenvalue weighted by Gasteiger charge is 2.21. The molecule has 3 rings (SSSR count). The number of ether oxygens (including phenoxy) is 1. The van der Waals surface area contributed by atoms with Crippen LogP contribution in [0.25, 0.3) is 0 Å². The van der Waals surface area contributed by atoms with Crippen LogP contribution in [0.3, 0.4) is 0 Å². The molecule has 1 saturated carbocycles. The third-order valence-corrected chi connectivity index (χ3v) is 3.93. The van der Waals surface area contributed by atoms with Crippen LogP contribution in [0.1, 0.15) is 36.4 Å². The molecule has 1 aromatic carbocycles. The molecule has 1 fully saturated rings. The molecule has 4 nitrogen and oxygen atoms in total. The third-order valence-electron chi connectivity index (χ3n) is 3.11. The molecular formula is C14H17N3OS. The van der Waals surface area contributed by atoms with Crippen LogP contribution in [0.15, 0.2) is 30.3 Å². The van der Waals surface area contributed by atoms with Gasteiger partial charge in [0.25, 0.3) is 5.19 Å². The molecule has 0 aliphatic heterocycles. The van der Waals surface area contributed by atoms with Gasteiger partial charge in [-0.05, 0) is 25.3 Å². The first-order chi connectivity index (χ1) is 9.31. The average molecular weight is 275 g/mol. The molecule has 19 heavy (non-hydrogen) atoms. The fraction of sp³-hybridized carbons (Fsp3) is 0.429. The van der Waals surface area contributed by atoms with Crippen LogP contribution >= 0.6 is 11.3 Å². The van der Waals surface area contributed by atoms with Crippen LogP contribution in [0.4, 0.5) is 0 Å². The number of nitrogens with one attached hydrogen (secondary N) is 1. The molecule has 5 heteroatoms. The van der Waals surface area contributed by atoms with E-state index in [0.717, 1.165) is 17.1 Å². The molecule has 2 aromatic rings. The Morgan fingerprint density at radius 2 is 2.11 bits per heavy atom. The molecule has 1 N–H and O–H groups in total. The van der Waals surface area contributed by atoms with Crippen molar-refractivity contribution in [1.82, 2.24) is 15.5 Å². The van der Waals surface area contributed by atoms with Gasteiger partial charge in [-0.2, -0.15) is 0 Å². The maximum absolute atomic E-state index is 5.82. The highest BCUT2D eigenvalue weighted by Crippen LogP contribution is 2.25. The van der Waals surface area contributed by atoms with Crippen molar-refractivity contribution in [3.8, 4) is 5.19 Å². The molecule has 1 atom stereocenters. The Kier molecular flexibility index (Phi) is 3.75. The predicted molar refractivity (Wildman–Crippen MR) is 75.3 cm³/mol. The molecular weight excluding hydrogens is 258 g/mol. The van der Waals surface area contributed by atoms with Gasteiger partial charge in [-0.3, -0.25) is 0 Å². The second kappa shape index (κ2) is 5.67. The molecule has 100 valence electrons. The van der Waals surface area contributed by atoms with E-state index in [1.165, 1.54) is 24.2 Å². The van der Waals surface area contributed by atoms with E-state index in [4.69, 9.17) is 4.74 Å². The second-order valence-corrected chi connectivity index (χ2v) is 5.81. The monoisotopic (exact) mass is 275 g/mol. The Morgan fingerprint density at radius 3 is 2.84 bits per heavy atom. The summed E-state index contributed by atoms with van der Waals surface area (Å²) in [6.45, 7) is 2.82. The molecule has 0 spiro atoms. The number of hydrogen-bond acceptors (Lipinski definition) is 5. The Bertz CT molecular complexity index is 524. The predicted octanol–water partition coefficient (Wildman–Crippen LogP) is 2.93. The lowest BCUT2D eigenvalue weighted by Gasteiger charge is -2.11. The van der Waals surface area contributed by atoms with E-state index >= 15 is 0 Å². The number of hydrogen-bond donors (Lipinski definition) is 1. The fourth-order valence-electron chi connectivity index (χ4n) is 1.82. The molecule has 0 amide bonds. The summed E-state index contributed by atoms with van der Waals surface area (Å²) in [5, 5.41) is 13.3. The first-order valence-electron chi connectivity index (χ1n) is 6.58. The summed E-state index contributed by atoms with van der Waals surface area (Å²) in [6, 6.07) is 10.8. The van der Waals surface area contributed by atoms with Gasteiger partial charge in [0.1, 0.15) is 11.1 Å². The minimum absolute atomic E-state index is 0.00149. The van der Waals surface area contributed by atoms with Crippen molar-refractivity contribution in [2.45, 2.75) is 38.5 Å². The first-order valence-corrected chi connectivity index (χ1v) is 7.40. The summed E-state index contributed by atoms with van der Waals surface area (Å²) in [6.07, 6.45) is 2.57. The molecule has 0 radical (unpaired) electrons. The van der Waals surface area contributed by atoms with Gasteiger partial charge >= 0.3 is 0 Å². The summed E-state index contributed by atoms with van der Waals surface area (Å²) >= 11 is 1.52. The minimum Gasteiger partial charge on any atom is -0.461 e. The van der Waals surface area contributed by atoms with Gasteiger partial charge in [0, 0.05) is 6.04 Å². The molecule has 0 saturated heterocycles. The quantitative estimate of drug-likeness (QED) is 0.880. The highest BCUT2D eigenvalue weighted by atomic mass is 32.1. The van der Waals surface area contributed by atoms with E-state index in [1.807, 2.05) is 25.1 Å². The van der Waals surface area contributed by atoms with Crippen molar-refractivity contribution in [1.29, 1.82) is 0 Å². The SMILES string of the molecule is CC(Oc1nnc(CNC2CC2)s1)c1ccccc1. The van der Waals surface area contributed by atoms with Gasteiger partial charge in [0.15, 0.2) is 0 Å². The van der Waals surface area contributed by atoms with Crippen LogP contribution in [0, 0.1) is 0 Å². The first kappa shape index (κ1) is 12.6. The van der Waals surface area contributed by atoms with Crippen LogP contribution in [0.5, 0.6) is 5.19 Å². The number of benzene rings is 1. The van der Waals surface area contributed by atoms with Gasteiger partial charge in [-0.25, -0.2) is 0 Å². The lowest BCUT2D eigenvalue weighted by Crippen LogP contribution is -2.14. The van der Waals surface area contributed by atoms with E-state index in [0.29, 0.717) is 11.2 Å². The zero-order valence-electron chi connectivity index (χ0n) is 10.9. The van der Waals surface area contributed by atoms with Gasteiger partial charge in [0.2, 0.25) is 0 Å². The summed E-state index contributed by atoms with van der Waals surface area (Å²) in [7, 11) is 0. The lowest BCUT2D eigenvalue weighted by molar-refractivity contribution is 0.224. The van der Waals surface area contributed by atoms with Gasteiger partial charge in [-0.15, -0.1) is 5.10 Å². The van der Waals surface area contributed by atoms with Gasteiger partial charge < -0.3 is 10.1 Å². The van der Waals surface area contributed by atoms with Crippen molar-refractivity contribution in [2.24, 2.45) is 0 Å². The summed E-state index contributed by atoms with van der Waals surface area (Å²) < 4.78 is 5.82. The van der Waals surface area contributed by atoms with Crippen LogP contribution < -0.4 is 10.1 Å². The van der Waals surface area contributed by atoms with Crippen LogP contribution in [0.2, 0.25) is 0 Å². The number of nitrogens with zero attached hydrogens (tertiary/aromatic N) is 2. The van der Waals surface area contributed by atoms with E-state index in [2.05, 4.69) is 27.6 Å². The molecule has 1 heterocycles. The normalized spacial score (nSPS) is 16.3. The summed E-state index contributed by atoms with van der Waals surface area (Å²) in [5.41, 5.74) is 1.15. The van der Waals surface area contributed by atoms with Crippen LogP contribution in [-0.4, -0.2) is 16.2 Å². The van der Waals surface area contributed by atoms with E-state index in [1.54, 1.807) is 0 Å². The maximum Gasteiger partial charge on any atom is 0.294 e. The van der Waals surface area contributed by atoms with Crippen molar-refractivity contribution < 1.29 is 4.74 Å². The smallest absolute Gasteiger partial charge is 0.294 e. The van der Waals surface area contributed by atoms with Gasteiger partial charge in [-0.1, -0.05) is 46.8 Å². The van der Waals surface area contributed by atoms with Crippen molar-refractivity contribution in [3.63, 3.8) is 0 Å². The molecule has 0 bridgehead atoms. The van der Waals surface area contributed by atoms with Crippen molar-refractivity contribution in [3.05, 3.63) is 40.9 Å². The fourth-order valence-corrected chi connectivity index (χ4v) is 2.53. The maximum atomic E-state index is 5.82. The number of aromatic nitrogens is 2. The van der Waals surface area contributed by atoms with Crippen molar-refractivity contribution in [2.75, 3.05) is 0 Å². The van der Waals surface area contributed by atoms with E-state index in [9.17, 15) is 0 Å². The van der Waals surface area contributed by atoms with Crippen molar-refractivity contribution >= 4 is 11.3 Å². The molecule has 1 aromatic heterocycles. The molecule has 1 aliphatic carbocycles. The largest absolute Gasteiger partial charge is 0.461 e. The zero-order valence-corrected chi connectivity index (χ0v) is 11.7. The Hall–Kier alpha value is -1.46. The lowest BCUT2D eigenvalue weighted by atomic mass is 10.1. The highest BCUT2D eigenvalue weighted by molar-refractivity contribution is 7.13. The Morgan fingerprint density at radius 1 is 1.32 bits per heavy atom.